The average molecular weight is 313 g/mol. The largest absolute Gasteiger partial charge is 0.480 e. The number of carbonyl (C=O) groups is 2. The zero-order valence-corrected chi connectivity index (χ0v) is 12.6. The maximum absolute atomic E-state index is 12.0. The van der Waals surface area contributed by atoms with Crippen LogP contribution in [0.15, 0.2) is 60.7 Å². The van der Waals surface area contributed by atoms with Gasteiger partial charge in [0.15, 0.2) is 6.10 Å². The zero-order chi connectivity index (χ0) is 16.7. The van der Waals surface area contributed by atoms with E-state index < -0.39 is 24.0 Å². The monoisotopic (exact) mass is 313 g/mol. The number of benzene rings is 2. The van der Waals surface area contributed by atoms with Gasteiger partial charge in [0, 0.05) is 0 Å². The molecule has 2 aromatic carbocycles. The van der Waals surface area contributed by atoms with Crippen LogP contribution in [0.25, 0.3) is 0 Å². The van der Waals surface area contributed by atoms with E-state index in [-0.39, 0.29) is 6.42 Å². The zero-order valence-electron chi connectivity index (χ0n) is 12.6. The molecule has 3 N–H and O–H groups in total. The number of hydrogen-bond donors (Lipinski definition) is 3. The molecule has 0 aliphatic heterocycles. The van der Waals surface area contributed by atoms with Crippen LogP contribution >= 0.6 is 0 Å². The van der Waals surface area contributed by atoms with Gasteiger partial charge in [0.05, 0.1) is 0 Å². The van der Waals surface area contributed by atoms with E-state index in [0.29, 0.717) is 12.0 Å². The van der Waals surface area contributed by atoms with Crippen LogP contribution in [0.5, 0.6) is 0 Å². The molecule has 0 bridgehead atoms. The van der Waals surface area contributed by atoms with Gasteiger partial charge in [-0.25, -0.2) is 4.79 Å². The van der Waals surface area contributed by atoms with Gasteiger partial charge in [-0.3, -0.25) is 4.79 Å². The number of nitrogens with one attached hydrogen (secondary N) is 1. The predicted octanol–water partition coefficient (Wildman–Crippen LogP) is 1.92. The van der Waals surface area contributed by atoms with Crippen LogP contribution in [0.4, 0.5) is 0 Å². The highest BCUT2D eigenvalue weighted by molar-refractivity contribution is 5.86. The first-order valence-electron chi connectivity index (χ1n) is 7.38. The third kappa shape index (κ3) is 4.93. The number of aryl methyl sites for hydroxylation is 1. The molecule has 5 nitrogen and oxygen atoms in total. The second kappa shape index (κ2) is 8.10. The van der Waals surface area contributed by atoms with Gasteiger partial charge in [-0.15, -0.1) is 0 Å². The predicted molar refractivity (Wildman–Crippen MR) is 85.7 cm³/mol. The molecule has 0 saturated carbocycles. The third-order valence-corrected chi connectivity index (χ3v) is 3.54. The summed E-state index contributed by atoms with van der Waals surface area (Å²) >= 11 is 0. The Labute approximate surface area is 134 Å². The molecule has 2 aromatic rings. The molecule has 2 atom stereocenters. The molecule has 2 rings (SSSR count). The van der Waals surface area contributed by atoms with Crippen molar-refractivity contribution >= 4 is 11.9 Å². The molecular weight excluding hydrogens is 294 g/mol. The molecule has 5 heteroatoms. The lowest BCUT2D eigenvalue weighted by molar-refractivity contribution is -0.143. The molecule has 0 aromatic heterocycles. The lowest BCUT2D eigenvalue weighted by atomic mass is 10.0. The van der Waals surface area contributed by atoms with Crippen molar-refractivity contribution in [2.45, 2.75) is 25.0 Å². The minimum atomic E-state index is -1.38. The molecule has 0 fully saturated rings. The normalized spacial score (nSPS) is 13.1. The van der Waals surface area contributed by atoms with Crippen LogP contribution in [0.3, 0.4) is 0 Å². The van der Waals surface area contributed by atoms with Crippen LogP contribution in [0.1, 0.15) is 23.7 Å². The van der Waals surface area contributed by atoms with Crippen molar-refractivity contribution < 1.29 is 19.8 Å². The summed E-state index contributed by atoms with van der Waals surface area (Å²) in [4.78, 5) is 23.4. The summed E-state index contributed by atoms with van der Waals surface area (Å²) in [5, 5.41) is 21.7. The first kappa shape index (κ1) is 16.7. The van der Waals surface area contributed by atoms with Gasteiger partial charge in [-0.1, -0.05) is 60.7 Å². The Morgan fingerprint density at radius 3 is 2.09 bits per heavy atom. The number of aliphatic hydroxyl groups is 1. The van der Waals surface area contributed by atoms with Crippen LogP contribution in [0, 0.1) is 0 Å². The molecule has 0 radical (unpaired) electrons. The first-order valence-corrected chi connectivity index (χ1v) is 7.38. The van der Waals surface area contributed by atoms with E-state index in [9.17, 15) is 19.8 Å². The van der Waals surface area contributed by atoms with Crippen LogP contribution in [-0.2, 0) is 16.0 Å². The fourth-order valence-electron chi connectivity index (χ4n) is 2.25. The van der Waals surface area contributed by atoms with Crippen LogP contribution in [0.2, 0.25) is 0 Å². The number of amides is 1. The summed E-state index contributed by atoms with van der Waals surface area (Å²) in [6.07, 6.45) is -0.596. The number of carbonyl (C=O) groups excluding carboxylic acids is 1. The molecule has 0 aliphatic carbocycles. The van der Waals surface area contributed by atoms with Gasteiger partial charge in [0.2, 0.25) is 0 Å². The standard InChI is InChI=1S/C18H19NO4/c20-16(14-9-5-2-6-10-14)17(21)19-15(18(22)23)12-11-13-7-3-1-4-8-13/h1-10,15-16,20H,11-12H2,(H,19,21)(H,22,23)/t15-,16+/m1/s1. The number of carboxylic acids is 1. The Balaban J connectivity index is 1.96. The number of aliphatic hydroxyl groups excluding tert-OH is 1. The van der Waals surface area contributed by atoms with E-state index in [4.69, 9.17) is 0 Å². The summed E-state index contributed by atoms with van der Waals surface area (Å²) in [6.45, 7) is 0. The highest BCUT2D eigenvalue weighted by atomic mass is 16.4. The molecule has 0 heterocycles. The molecule has 0 aliphatic rings. The van der Waals surface area contributed by atoms with Crippen molar-refractivity contribution in [3.05, 3.63) is 71.8 Å². The fraction of sp³-hybridized carbons (Fsp3) is 0.222. The average Bonchev–Trinajstić information content (AvgIpc) is 2.59. The molecule has 0 spiro atoms. The Morgan fingerprint density at radius 1 is 0.957 bits per heavy atom. The van der Waals surface area contributed by atoms with Crippen molar-refractivity contribution in [1.29, 1.82) is 0 Å². The number of aliphatic carboxylic acids is 1. The Bertz CT molecular complexity index is 643. The number of rotatable bonds is 7. The maximum Gasteiger partial charge on any atom is 0.326 e. The van der Waals surface area contributed by atoms with Gasteiger partial charge >= 0.3 is 5.97 Å². The van der Waals surface area contributed by atoms with E-state index in [2.05, 4.69) is 5.32 Å². The van der Waals surface area contributed by atoms with E-state index >= 15 is 0 Å². The second-order valence-electron chi connectivity index (χ2n) is 5.24. The molecule has 23 heavy (non-hydrogen) atoms. The lowest BCUT2D eigenvalue weighted by Gasteiger charge is -2.17. The first-order chi connectivity index (χ1) is 11.1. The number of hydrogen-bond acceptors (Lipinski definition) is 3. The molecule has 1 amide bonds. The van der Waals surface area contributed by atoms with E-state index in [1.54, 1.807) is 30.3 Å². The van der Waals surface area contributed by atoms with Crippen molar-refractivity contribution in [1.82, 2.24) is 5.32 Å². The summed E-state index contributed by atoms with van der Waals surface area (Å²) in [5.41, 5.74) is 1.42. The molecule has 0 unspecified atom stereocenters. The minimum absolute atomic E-state index is 0.257. The lowest BCUT2D eigenvalue weighted by Crippen LogP contribution is -2.43. The van der Waals surface area contributed by atoms with E-state index in [1.165, 1.54) is 0 Å². The third-order valence-electron chi connectivity index (χ3n) is 3.54. The maximum atomic E-state index is 12.0. The van der Waals surface area contributed by atoms with Crippen molar-refractivity contribution in [2.24, 2.45) is 0 Å². The summed E-state index contributed by atoms with van der Waals surface area (Å²) in [6, 6.07) is 16.8. The second-order valence-corrected chi connectivity index (χ2v) is 5.24. The smallest absolute Gasteiger partial charge is 0.326 e. The SMILES string of the molecule is O=C(N[C@H](CCc1ccccc1)C(=O)O)[C@@H](O)c1ccccc1. The number of carboxylic acid groups (broad SMARTS) is 1. The highest BCUT2D eigenvalue weighted by Crippen LogP contribution is 2.13. The van der Waals surface area contributed by atoms with Gasteiger partial charge < -0.3 is 15.5 Å². The summed E-state index contributed by atoms with van der Waals surface area (Å²) in [7, 11) is 0. The van der Waals surface area contributed by atoms with Crippen molar-refractivity contribution in [3.63, 3.8) is 0 Å². The van der Waals surface area contributed by atoms with Crippen LogP contribution in [-0.4, -0.2) is 28.1 Å². The Hall–Kier alpha value is -2.66. The van der Waals surface area contributed by atoms with Gasteiger partial charge in [-0.2, -0.15) is 0 Å². The molecule has 120 valence electrons. The fourth-order valence-corrected chi connectivity index (χ4v) is 2.25. The van der Waals surface area contributed by atoms with E-state index in [1.807, 2.05) is 30.3 Å². The molecule has 0 saturated heterocycles. The summed E-state index contributed by atoms with van der Waals surface area (Å²) in [5.74, 6) is -1.83. The van der Waals surface area contributed by atoms with Crippen LogP contribution < -0.4 is 5.32 Å². The van der Waals surface area contributed by atoms with E-state index in [0.717, 1.165) is 5.56 Å². The molecular formula is C18H19NO4. The van der Waals surface area contributed by atoms with Gasteiger partial charge in [0.1, 0.15) is 6.04 Å². The summed E-state index contributed by atoms with van der Waals surface area (Å²) < 4.78 is 0. The highest BCUT2D eigenvalue weighted by Gasteiger charge is 2.24. The Morgan fingerprint density at radius 2 is 1.52 bits per heavy atom. The van der Waals surface area contributed by atoms with Gasteiger partial charge in [0.25, 0.3) is 5.91 Å². The topological polar surface area (TPSA) is 86.6 Å². The van der Waals surface area contributed by atoms with Crippen molar-refractivity contribution in [2.75, 3.05) is 0 Å². The minimum Gasteiger partial charge on any atom is -0.480 e. The quantitative estimate of drug-likeness (QED) is 0.729. The van der Waals surface area contributed by atoms with Crippen molar-refractivity contribution in [3.8, 4) is 0 Å². The van der Waals surface area contributed by atoms with Gasteiger partial charge in [-0.05, 0) is 24.0 Å². The Kier molecular flexibility index (Phi) is 5.88.